The zero-order valence-electron chi connectivity index (χ0n) is 15.1. The molecule has 164 valence electrons. The molecule has 0 aliphatic rings. The highest BCUT2D eigenvalue weighted by Crippen LogP contribution is 2.35. The lowest BCUT2D eigenvalue weighted by Gasteiger charge is -2.07. The number of benzene rings is 3. The highest BCUT2D eigenvalue weighted by molar-refractivity contribution is 7.86. The molecule has 0 amide bonds. The number of azo groups is 1. The molecule has 0 bridgehead atoms. The molecule has 0 aliphatic heterocycles. The Labute approximate surface area is 176 Å². The lowest BCUT2D eigenvalue weighted by Crippen LogP contribution is -2.02. The van der Waals surface area contributed by atoms with Gasteiger partial charge < -0.3 is 5.73 Å². The van der Waals surface area contributed by atoms with Gasteiger partial charge in [-0.15, -0.1) is 10.2 Å². The molecule has 5 N–H and O–H groups in total. The first kappa shape index (κ1) is 22.7. The van der Waals surface area contributed by atoms with E-state index in [0.29, 0.717) is 17.5 Å². The summed E-state index contributed by atoms with van der Waals surface area (Å²) < 4.78 is 96.5. The Bertz CT molecular complexity index is 1560. The Morgan fingerprint density at radius 1 is 0.613 bits per heavy atom. The third-order valence-corrected chi connectivity index (χ3v) is 6.67. The monoisotopic (exact) mass is 487 g/mol. The van der Waals surface area contributed by atoms with Gasteiger partial charge in [0.1, 0.15) is 10.6 Å². The third-order valence-electron chi connectivity index (χ3n) is 4.07. The van der Waals surface area contributed by atoms with Crippen LogP contribution in [0.25, 0.3) is 10.8 Å². The van der Waals surface area contributed by atoms with Crippen molar-refractivity contribution in [3.05, 3.63) is 48.5 Å². The quantitative estimate of drug-likeness (QED) is 0.234. The van der Waals surface area contributed by atoms with Crippen LogP contribution < -0.4 is 5.73 Å². The summed E-state index contributed by atoms with van der Waals surface area (Å²) in [6.07, 6.45) is 0. The summed E-state index contributed by atoms with van der Waals surface area (Å²) in [4.78, 5) is -1.96. The Morgan fingerprint density at radius 3 is 1.74 bits per heavy atom. The predicted molar refractivity (Wildman–Crippen MR) is 108 cm³/mol. The standard InChI is InChI=1S/C16H13N3O9S3/c17-13-4-5-14(12-7-9(29(20,21)22)1-3-11(12)13)18-19-15-8-10(30(23,24)25)2-6-16(15)31(26,27)28/h1-8H,17H2,(H,20,21,22)(H,23,24,25)(H,26,27,28)/b19-18+. The molecule has 0 unspecified atom stereocenters. The van der Waals surface area contributed by atoms with Gasteiger partial charge in [0.05, 0.1) is 15.5 Å². The van der Waals surface area contributed by atoms with Crippen molar-refractivity contribution in [2.24, 2.45) is 10.2 Å². The summed E-state index contributed by atoms with van der Waals surface area (Å²) in [5, 5.41) is 7.92. The summed E-state index contributed by atoms with van der Waals surface area (Å²) in [5.41, 5.74) is 5.45. The zero-order chi connectivity index (χ0) is 23.2. The smallest absolute Gasteiger partial charge is 0.296 e. The minimum absolute atomic E-state index is 0.0201. The van der Waals surface area contributed by atoms with Crippen molar-refractivity contribution in [1.29, 1.82) is 0 Å². The van der Waals surface area contributed by atoms with Gasteiger partial charge in [-0.05, 0) is 42.5 Å². The molecule has 0 saturated carbocycles. The first-order chi connectivity index (χ1) is 14.2. The minimum atomic E-state index is -4.84. The van der Waals surface area contributed by atoms with E-state index < -0.39 is 50.7 Å². The molecule has 0 radical (unpaired) electrons. The molecule has 0 atom stereocenters. The van der Waals surface area contributed by atoms with Crippen molar-refractivity contribution >= 4 is 58.2 Å². The molecule has 15 heteroatoms. The Morgan fingerprint density at radius 2 is 1.16 bits per heavy atom. The molecule has 3 rings (SSSR count). The number of hydrogen-bond donors (Lipinski definition) is 4. The molecule has 0 fully saturated rings. The van der Waals surface area contributed by atoms with Crippen molar-refractivity contribution in [2.45, 2.75) is 14.7 Å². The van der Waals surface area contributed by atoms with Gasteiger partial charge in [-0.3, -0.25) is 13.7 Å². The maximum atomic E-state index is 11.6. The van der Waals surface area contributed by atoms with E-state index in [-0.39, 0.29) is 16.8 Å². The van der Waals surface area contributed by atoms with E-state index in [9.17, 15) is 34.4 Å². The summed E-state index contributed by atoms with van der Waals surface area (Å²) in [6, 6.07) is 8.34. The van der Waals surface area contributed by atoms with Crippen LogP contribution in [-0.2, 0) is 30.4 Å². The van der Waals surface area contributed by atoms with Crippen LogP contribution in [-0.4, -0.2) is 38.9 Å². The fourth-order valence-corrected chi connectivity index (χ4v) is 4.26. The summed E-state index contributed by atoms with van der Waals surface area (Å²) >= 11 is 0. The molecule has 0 aromatic heterocycles. The van der Waals surface area contributed by atoms with Crippen LogP contribution in [0, 0.1) is 0 Å². The van der Waals surface area contributed by atoms with Crippen LogP contribution in [0.4, 0.5) is 17.1 Å². The van der Waals surface area contributed by atoms with Crippen molar-refractivity contribution in [3.63, 3.8) is 0 Å². The SMILES string of the molecule is Nc1ccc(/N=N/c2cc(S(=O)(=O)O)ccc2S(=O)(=O)O)c2cc(S(=O)(=O)O)ccc12. The van der Waals surface area contributed by atoms with Gasteiger partial charge in [-0.1, -0.05) is 6.07 Å². The van der Waals surface area contributed by atoms with Crippen molar-refractivity contribution in [1.82, 2.24) is 0 Å². The van der Waals surface area contributed by atoms with Gasteiger partial charge in [-0.25, -0.2) is 0 Å². The Kier molecular flexibility index (Phi) is 5.59. The van der Waals surface area contributed by atoms with E-state index in [1.807, 2.05) is 0 Å². The van der Waals surface area contributed by atoms with E-state index in [4.69, 9.17) is 10.3 Å². The molecule has 0 heterocycles. The second-order valence-corrected chi connectivity index (χ2v) is 10.4. The fourth-order valence-electron chi connectivity index (χ4n) is 2.64. The number of rotatable bonds is 5. The highest BCUT2D eigenvalue weighted by Gasteiger charge is 2.20. The molecule has 3 aromatic carbocycles. The molecule has 0 saturated heterocycles. The average molecular weight is 487 g/mol. The molecule has 3 aromatic rings. The average Bonchev–Trinajstić information content (AvgIpc) is 2.65. The zero-order valence-corrected chi connectivity index (χ0v) is 17.6. The van der Waals surface area contributed by atoms with Gasteiger partial charge in [0.2, 0.25) is 0 Å². The van der Waals surface area contributed by atoms with E-state index in [1.165, 1.54) is 18.2 Å². The van der Waals surface area contributed by atoms with Gasteiger partial charge in [0.15, 0.2) is 0 Å². The Hall–Kier alpha value is -2.95. The number of nitrogens with two attached hydrogens (primary N) is 1. The summed E-state index contributed by atoms with van der Waals surface area (Å²) in [5.74, 6) is 0. The first-order valence-electron chi connectivity index (χ1n) is 7.98. The largest absolute Gasteiger partial charge is 0.398 e. The van der Waals surface area contributed by atoms with E-state index in [0.717, 1.165) is 18.2 Å². The molecule has 12 nitrogen and oxygen atoms in total. The van der Waals surface area contributed by atoms with E-state index in [1.54, 1.807) is 0 Å². The van der Waals surface area contributed by atoms with Crippen molar-refractivity contribution < 1.29 is 38.9 Å². The summed E-state index contributed by atoms with van der Waals surface area (Å²) in [6.45, 7) is 0. The predicted octanol–water partition coefficient (Wildman–Crippen LogP) is 2.58. The molecular formula is C16H13N3O9S3. The maximum absolute atomic E-state index is 11.6. The number of fused-ring (bicyclic) bond motifs is 1. The molecule has 0 spiro atoms. The maximum Gasteiger partial charge on any atom is 0.296 e. The highest BCUT2D eigenvalue weighted by atomic mass is 32.2. The normalized spacial score (nSPS) is 13.1. The van der Waals surface area contributed by atoms with Crippen LogP contribution in [0.3, 0.4) is 0 Å². The van der Waals surface area contributed by atoms with Crippen LogP contribution in [0.1, 0.15) is 0 Å². The minimum Gasteiger partial charge on any atom is -0.398 e. The van der Waals surface area contributed by atoms with Gasteiger partial charge >= 0.3 is 0 Å². The van der Waals surface area contributed by atoms with Crippen molar-refractivity contribution in [2.75, 3.05) is 5.73 Å². The van der Waals surface area contributed by atoms with Crippen LogP contribution in [0.15, 0.2) is 73.4 Å². The molecule has 31 heavy (non-hydrogen) atoms. The summed E-state index contributed by atoms with van der Waals surface area (Å²) in [7, 11) is -14.1. The Balaban J connectivity index is 2.25. The molecule has 0 aliphatic carbocycles. The number of hydrogen-bond acceptors (Lipinski definition) is 9. The van der Waals surface area contributed by atoms with Gasteiger partial charge in [0, 0.05) is 16.5 Å². The number of nitrogens with zero attached hydrogens (tertiary/aromatic N) is 2. The van der Waals surface area contributed by atoms with Crippen molar-refractivity contribution in [3.8, 4) is 0 Å². The molecular weight excluding hydrogens is 474 g/mol. The van der Waals surface area contributed by atoms with Crippen LogP contribution in [0.5, 0.6) is 0 Å². The number of nitrogen functional groups attached to an aromatic ring is 1. The van der Waals surface area contributed by atoms with E-state index >= 15 is 0 Å². The second kappa shape index (κ2) is 7.63. The lowest BCUT2D eigenvalue weighted by molar-refractivity contribution is 0.478. The number of anilines is 1. The lowest BCUT2D eigenvalue weighted by atomic mass is 10.1. The van der Waals surface area contributed by atoms with Crippen LogP contribution in [0.2, 0.25) is 0 Å². The van der Waals surface area contributed by atoms with Gasteiger partial charge in [-0.2, -0.15) is 25.3 Å². The topological polar surface area (TPSA) is 214 Å². The first-order valence-corrected chi connectivity index (χ1v) is 12.3. The van der Waals surface area contributed by atoms with Gasteiger partial charge in [0.25, 0.3) is 30.4 Å². The third kappa shape index (κ3) is 4.87. The van der Waals surface area contributed by atoms with Crippen LogP contribution >= 0.6 is 0 Å². The van der Waals surface area contributed by atoms with E-state index in [2.05, 4.69) is 10.2 Å². The fraction of sp³-hybridized carbons (Fsp3) is 0. The second-order valence-electron chi connectivity index (χ2n) is 6.14.